The van der Waals surface area contributed by atoms with Gasteiger partial charge < -0.3 is 15.0 Å². The lowest BCUT2D eigenvalue weighted by Gasteiger charge is -2.39. The zero-order valence-corrected chi connectivity index (χ0v) is 8.80. The molecule has 0 aromatic carbocycles. The van der Waals surface area contributed by atoms with Crippen molar-refractivity contribution in [2.45, 2.75) is 31.3 Å². The Morgan fingerprint density at radius 3 is 2.71 bits per heavy atom. The first kappa shape index (κ1) is 9.80. The molecule has 0 atom stereocenters. The van der Waals surface area contributed by atoms with Gasteiger partial charge in [-0.3, -0.25) is 0 Å². The highest BCUT2D eigenvalue weighted by molar-refractivity contribution is 6.33. The van der Waals surface area contributed by atoms with Gasteiger partial charge >= 0.3 is 0 Å². The number of nitrogen functional groups attached to an aromatic ring is 1. The number of aromatic nitrogens is 1. The third-order valence-corrected chi connectivity index (χ3v) is 3.31. The number of hydrogen-bond donors (Lipinski definition) is 1. The number of rotatable bonds is 3. The summed E-state index contributed by atoms with van der Waals surface area (Å²) in [5.74, 6) is 0.887. The third-order valence-electron chi connectivity index (χ3n) is 2.90. The Balaban J connectivity index is 2.13. The normalized spacial score (nSPS) is 19.3. The molecule has 0 spiro atoms. The summed E-state index contributed by atoms with van der Waals surface area (Å²) in [6, 6.07) is 0. The fourth-order valence-electron chi connectivity index (χ4n) is 1.75. The van der Waals surface area contributed by atoms with E-state index in [9.17, 15) is 0 Å². The van der Waals surface area contributed by atoms with E-state index < -0.39 is 0 Å². The van der Waals surface area contributed by atoms with Crippen LogP contribution in [0.2, 0.25) is 5.02 Å². The van der Waals surface area contributed by atoms with Gasteiger partial charge in [-0.2, -0.15) is 0 Å². The van der Waals surface area contributed by atoms with E-state index in [4.69, 9.17) is 26.6 Å². The summed E-state index contributed by atoms with van der Waals surface area (Å²) >= 11 is 5.92. The number of hydrogen-bond acceptors (Lipinski definition) is 4. The Labute approximate surface area is 87.3 Å². The summed E-state index contributed by atoms with van der Waals surface area (Å²) in [5, 5.41) is 4.03. The zero-order chi connectivity index (χ0) is 10.2. The van der Waals surface area contributed by atoms with Crippen LogP contribution in [0.4, 0.5) is 5.82 Å². The van der Waals surface area contributed by atoms with Gasteiger partial charge in [0.15, 0.2) is 11.6 Å². The monoisotopic (exact) mass is 216 g/mol. The lowest BCUT2D eigenvalue weighted by atomic mass is 9.77. The van der Waals surface area contributed by atoms with E-state index in [1.54, 1.807) is 7.11 Å². The van der Waals surface area contributed by atoms with Crippen molar-refractivity contribution < 1.29 is 9.26 Å². The average Bonchev–Trinajstić information content (AvgIpc) is 2.42. The van der Waals surface area contributed by atoms with Crippen molar-refractivity contribution in [3.05, 3.63) is 10.8 Å². The third kappa shape index (κ3) is 1.48. The molecule has 1 aromatic heterocycles. The number of ether oxygens (including phenoxy) is 1. The molecule has 1 aromatic rings. The van der Waals surface area contributed by atoms with Crippen molar-refractivity contribution in [3.63, 3.8) is 0 Å². The van der Waals surface area contributed by atoms with Gasteiger partial charge in [-0.25, -0.2) is 0 Å². The molecule has 1 heterocycles. The van der Waals surface area contributed by atoms with Crippen molar-refractivity contribution in [2.75, 3.05) is 12.8 Å². The van der Waals surface area contributed by atoms with Crippen molar-refractivity contribution in [2.24, 2.45) is 0 Å². The first-order valence-corrected chi connectivity index (χ1v) is 4.99. The Morgan fingerprint density at radius 2 is 2.36 bits per heavy atom. The van der Waals surface area contributed by atoms with Gasteiger partial charge in [-0.15, -0.1) is 0 Å². The Kier molecular flexibility index (Phi) is 2.41. The Hall–Kier alpha value is -0.740. The van der Waals surface area contributed by atoms with Gasteiger partial charge in [0.25, 0.3) is 0 Å². The molecule has 1 aliphatic carbocycles. The largest absolute Gasteiger partial charge is 0.380 e. The molecule has 0 aliphatic heterocycles. The van der Waals surface area contributed by atoms with Gasteiger partial charge in [0.1, 0.15) is 5.02 Å². The maximum atomic E-state index is 5.92. The molecule has 0 radical (unpaired) electrons. The Bertz CT molecular complexity index is 328. The molecule has 5 heteroatoms. The fraction of sp³-hybridized carbons (Fsp3) is 0.667. The van der Waals surface area contributed by atoms with Crippen LogP contribution < -0.4 is 5.73 Å². The molecule has 4 nitrogen and oxygen atoms in total. The van der Waals surface area contributed by atoms with E-state index in [0.717, 1.165) is 12.8 Å². The van der Waals surface area contributed by atoms with Crippen LogP contribution in [-0.2, 0) is 11.2 Å². The van der Waals surface area contributed by atoms with E-state index in [-0.39, 0.29) is 11.4 Å². The molecular formula is C9H13ClN2O2. The summed E-state index contributed by atoms with van der Waals surface area (Å²) in [4.78, 5) is 0. The van der Waals surface area contributed by atoms with Crippen LogP contribution in [0.15, 0.2) is 4.52 Å². The molecule has 78 valence electrons. The molecule has 0 amide bonds. The molecule has 0 unspecified atom stereocenters. The van der Waals surface area contributed by atoms with Gasteiger partial charge in [0.2, 0.25) is 0 Å². The van der Waals surface area contributed by atoms with Crippen LogP contribution >= 0.6 is 11.6 Å². The number of methoxy groups -OCH3 is 1. The molecule has 1 aliphatic rings. The highest BCUT2D eigenvalue weighted by Gasteiger charge is 2.39. The number of anilines is 1. The quantitative estimate of drug-likeness (QED) is 0.840. The van der Waals surface area contributed by atoms with Crippen molar-refractivity contribution >= 4 is 17.4 Å². The predicted molar refractivity (Wildman–Crippen MR) is 53.2 cm³/mol. The van der Waals surface area contributed by atoms with Crippen molar-refractivity contribution in [1.82, 2.24) is 5.16 Å². The predicted octanol–water partition coefficient (Wildman–Crippen LogP) is 2.02. The SMILES string of the molecule is COC1(Cc2onc(N)c2Cl)CCC1. The molecule has 2 rings (SSSR count). The van der Waals surface area contributed by atoms with Gasteiger partial charge in [-0.05, 0) is 19.3 Å². The second-order valence-corrected chi connectivity index (χ2v) is 4.10. The molecule has 1 saturated carbocycles. The summed E-state index contributed by atoms with van der Waals surface area (Å²) < 4.78 is 10.5. The van der Waals surface area contributed by atoms with Crippen LogP contribution in [0, 0.1) is 0 Å². The molecule has 2 N–H and O–H groups in total. The van der Waals surface area contributed by atoms with E-state index in [2.05, 4.69) is 5.16 Å². The minimum Gasteiger partial charge on any atom is -0.380 e. The highest BCUT2D eigenvalue weighted by atomic mass is 35.5. The standard InChI is InChI=1S/C9H13ClN2O2/c1-13-9(3-2-4-9)5-6-7(10)8(11)12-14-6/h2-5H2,1H3,(H2,11,12). The molecule has 0 bridgehead atoms. The number of nitrogens with two attached hydrogens (primary N) is 1. The van der Waals surface area contributed by atoms with Crippen LogP contribution in [0.25, 0.3) is 0 Å². The smallest absolute Gasteiger partial charge is 0.185 e. The topological polar surface area (TPSA) is 61.3 Å². The van der Waals surface area contributed by atoms with E-state index >= 15 is 0 Å². The van der Waals surface area contributed by atoms with Crippen LogP contribution in [-0.4, -0.2) is 17.9 Å². The minimum atomic E-state index is -0.102. The Morgan fingerprint density at radius 1 is 1.64 bits per heavy atom. The first-order valence-electron chi connectivity index (χ1n) is 4.61. The van der Waals surface area contributed by atoms with Crippen LogP contribution in [0.5, 0.6) is 0 Å². The maximum absolute atomic E-state index is 5.92. The highest BCUT2D eigenvalue weighted by Crippen LogP contribution is 2.39. The lowest BCUT2D eigenvalue weighted by molar-refractivity contribution is -0.0743. The summed E-state index contributed by atoms with van der Waals surface area (Å²) in [5.41, 5.74) is 5.38. The van der Waals surface area contributed by atoms with E-state index in [1.807, 2.05) is 0 Å². The summed E-state index contributed by atoms with van der Waals surface area (Å²) in [6.07, 6.45) is 3.93. The molecule has 1 fully saturated rings. The van der Waals surface area contributed by atoms with E-state index in [0.29, 0.717) is 17.2 Å². The first-order chi connectivity index (χ1) is 6.67. The molecule has 0 saturated heterocycles. The van der Waals surface area contributed by atoms with Crippen molar-refractivity contribution in [1.29, 1.82) is 0 Å². The van der Waals surface area contributed by atoms with Crippen LogP contribution in [0.1, 0.15) is 25.0 Å². The number of nitrogens with zero attached hydrogens (tertiary/aromatic N) is 1. The molecular weight excluding hydrogens is 204 g/mol. The minimum absolute atomic E-state index is 0.102. The molecule has 14 heavy (non-hydrogen) atoms. The zero-order valence-electron chi connectivity index (χ0n) is 8.05. The van der Waals surface area contributed by atoms with Crippen molar-refractivity contribution in [3.8, 4) is 0 Å². The second kappa shape index (κ2) is 3.44. The average molecular weight is 217 g/mol. The number of halogens is 1. The fourth-order valence-corrected chi connectivity index (χ4v) is 1.89. The van der Waals surface area contributed by atoms with Crippen LogP contribution in [0.3, 0.4) is 0 Å². The van der Waals surface area contributed by atoms with Gasteiger partial charge in [0, 0.05) is 13.5 Å². The van der Waals surface area contributed by atoms with E-state index in [1.165, 1.54) is 6.42 Å². The van der Waals surface area contributed by atoms with Gasteiger partial charge in [-0.1, -0.05) is 16.8 Å². The van der Waals surface area contributed by atoms with Gasteiger partial charge in [0.05, 0.1) is 5.60 Å². The lowest BCUT2D eigenvalue weighted by Crippen LogP contribution is -2.41. The maximum Gasteiger partial charge on any atom is 0.185 e. The summed E-state index contributed by atoms with van der Waals surface area (Å²) in [7, 11) is 1.72. The second-order valence-electron chi connectivity index (χ2n) is 3.72. The summed E-state index contributed by atoms with van der Waals surface area (Å²) in [6.45, 7) is 0.